The van der Waals surface area contributed by atoms with Crippen molar-refractivity contribution in [3.05, 3.63) is 18.5 Å². The summed E-state index contributed by atoms with van der Waals surface area (Å²) in [6, 6.07) is 1.49. The molecule has 0 unspecified atom stereocenters. The van der Waals surface area contributed by atoms with E-state index >= 15 is 0 Å². The van der Waals surface area contributed by atoms with E-state index < -0.39 is 11.9 Å². The maximum absolute atomic E-state index is 11.9. The molecule has 1 heterocycles. The highest BCUT2D eigenvalue weighted by Gasteiger charge is 2.30. The third-order valence-electron chi connectivity index (χ3n) is 3.54. The molecule has 1 fully saturated rings. The Morgan fingerprint density at radius 2 is 2.11 bits per heavy atom. The standard InChI is InChI=1S/C13H19N3O3/c17-12(9-16-8-4-7-14-16)15-11-6-3-1-2-5-10(11)13(18)19/h4,7-8,10-11H,1-3,5-6,9H2,(H,15,17)(H,18,19)/t10-,11+/m1/s1. The van der Waals surface area contributed by atoms with E-state index in [1.54, 1.807) is 18.5 Å². The molecule has 0 spiro atoms. The predicted molar refractivity (Wildman–Crippen MR) is 68.4 cm³/mol. The highest BCUT2D eigenvalue weighted by atomic mass is 16.4. The molecule has 0 bridgehead atoms. The molecule has 0 aliphatic heterocycles. The Labute approximate surface area is 111 Å². The quantitative estimate of drug-likeness (QED) is 0.796. The van der Waals surface area contributed by atoms with Crippen LogP contribution in [0.5, 0.6) is 0 Å². The van der Waals surface area contributed by atoms with Gasteiger partial charge in [0.2, 0.25) is 5.91 Å². The highest BCUT2D eigenvalue weighted by Crippen LogP contribution is 2.23. The van der Waals surface area contributed by atoms with Crippen molar-refractivity contribution >= 4 is 11.9 Å². The number of carbonyl (C=O) groups excluding carboxylic acids is 1. The third kappa shape index (κ3) is 3.81. The van der Waals surface area contributed by atoms with Crippen LogP contribution in [0, 0.1) is 5.92 Å². The van der Waals surface area contributed by atoms with E-state index in [9.17, 15) is 14.7 Å². The van der Waals surface area contributed by atoms with Crippen LogP contribution in [-0.4, -0.2) is 32.8 Å². The number of aromatic nitrogens is 2. The average molecular weight is 265 g/mol. The van der Waals surface area contributed by atoms with Crippen LogP contribution in [0.15, 0.2) is 18.5 Å². The Hall–Kier alpha value is -1.85. The van der Waals surface area contributed by atoms with Gasteiger partial charge in [-0.3, -0.25) is 14.3 Å². The molecule has 6 heteroatoms. The molecule has 1 aliphatic carbocycles. The van der Waals surface area contributed by atoms with Gasteiger partial charge in [0.1, 0.15) is 6.54 Å². The van der Waals surface area contributed by atoms with E-state index in [0.29, 0.717) is 6.42 Å². The normalized spacial score (nSPS) is 23.6. The number of hydrogen-bond acceptors (Lipinski definition) is 3. The van der Waals surface area contributed by atoms with Gasteiger partial charge in [-0.25, -0.2) is 0 Å². The molecule has 2 atom stereocenters. The summed E-state index contributed by atoms with van der Waals surface area (Å²) in [6.45, 7) is 0.135. The number of aliphatic carboxylic acids is 1. The lowest BCUT2D eigenvalue weighted by Crippen LogP contribution is -2.44. The fourth-order valence-electron chi connectivity index (χ4n) is 2.57. The lowest BCUT2D eigenvalue weighted by Gasteiger charge is -2.22. The number of rotatable bonds is 4. The predicted octanol–water partition coefficient (Wildman–Crippen LogP) is 1.03. The SMILES string of the molecule is O=C(Cn1cccn1)N[C@H]1CCCCC[C@H]1C(=O)O. The van der Waals surface area contributed by atoms with Gasteiger partial charge >= 0.3 is 5.97 Å². The monoisotopic (exact) mass is 265 g/mol. The maximum atomic E-state index is 11.9. The molecule has 1 aliphatic rings. The largest absolute Gasteiger partial charge is 0.481 e. The summed E-state index contributed by atoms with van der Waals surface area (Å²) < 4.78 is 1.53. The molecule has 6 nitrogen and oxygen atoms in total. The molecule has 104 valence electrons. The van der Waals surface area contributed by atoms with Crippen molar-refractivity contribution in [2.75, 3.05) is 0 Å². The number of nitrogens with one attached hydrogen (secondary N) is 1. The first-order valence-corrected chi connectivity index (χ1v) is 6.66. The van der Waals surface area contributed by atoms with Gasteiger partial charge in [-0.15, -0.1) is 0 Å². The third-order valence-corrected chi connectivity index (χ3v) is 3.54. The van der Waals surface area contributed by atoms with Crippen LogP contribution >= 0.6 is 0 Å². The van der Waals surface area contributed by atoms with E-state index in [2.05, 4.69) is 10.4 Å². The summed E-state index contributed by atoms with van der Waals surface area (Å²) in [5.41, 5.74) is 0. The van der Waals surface area contributed by atoms with Gasteiger partial charge in [0.25, 0.3) is 0 Å². The maximum Gasteiger partial charge on any atom is 0.308 e. The second-order valence-corrected chi connectivity index (χ2v) is 4.96. The van der Waals surface area contributed by atoms with Gasteiger partial charge in [0, 0.05) is 18.4 Å². The molecule has 0 saturated heterocycles. The molecule has 2 rings (SSSR count). The van der Waals surface area contributed by atoms with Crippen LogP contribution in [0.4, 0.5) is 0 Å². The second kappa shape index (κ2) is 6.36. The minimum absolute atomic E-state index is 0.135. The van der Waals surface area contributed by atoms with E-state index in [4.69, 9.17) is 0 Å². The second-order valence-electron chi connectivity index (χ2n) is 4.96. The smallest absolute Gasteiger partial charge is 0.308 e. The summed E-state index contributed by atoms with van der Waals surface area (Å²) >= 11 is 0. The minimum atomic E-state index is -0.814. The fourth-order valence-corrected chi connectivity index (χ4v) is 2.57. The van der Waals surface area contributed by atoms with E-state index in [1.807, 2.05) is 0 Å². The first-order valence-electron chi connectivity index (χ1n) is 6.66. The van der Waals surface area contributed by atoms with Crippen molar-refractivity contribution in [1.29, 1.82) is 0 Å². The van der Waals surface area contributed by atoms with Crippen LogP contribution in [0.3, 0.4) is 0 Å². The zero-order chi connectivity index (χ0) is 13.7. The van der Waals surface area contributed by atoms with Gasteiger partial charge in [-0.1, -0.05) is 19.3 Å². The molecule has 19 heavy (non-hydrogen) atoms. The molecular weight excluding hydrogens is 246 g/mol. The van der Waals surface area contributed by atoms with Crippen LogP contribution in [0.25, 0.3) is 0 Å². The molecule has 1 aromatic rings. The number of carbonyl (C=O) groups is 2. The molecular formula is C13H19N3O3. The summed E-state index contributed by atoms with van der Waals surface area (Å²) in [4.78, 5) is 23.1. The van der Waals surface area contributed by atoms with Crippen molar-refractivity contribution in [3.8, 4) is 0 Å². The zero-order valence-electron chi connectivity index (χ0n) is 10.8. The summed E-state index contributed by atoms with van der Waals surface area (Å²) in [7, 11) is 0. The Morgan fingerprint density at radius 3 is 2.79 bits per heavy atom. The highest BCUT2D eigenvalue weighted by molar-refractivity contribution is 5.78. The number of carboxylic acids is 1. The lowest BCUT2D eigenvalue weighted by molar-refractivity contribution is -0.143. The number of nitrogens with zero attached hydrogens (tertiary/aromatic N) is 2. The topological polar surface area (TPSA) is 84.2 Å². The van der Waals surface area contributed by atoms with Crippen LogP contribution in [0.2, 0.25) is 0 Å². The summed E-state index contributed by atoms with van der Waals surface area (Å²) in [6.07, 6.45) is 7.62. The average Bonchev–Trinajstić information content (AvgIpc) is 2.73. The Balaban J connectivity index is 1.94. The van der Waals surface area contributed by atoms with Gasteiger partial charge < -0.3 is 10.4 Å². The Kier molecular flexibility index (Phi) is 4.54. The number of carboxylic acid groups (broad SMARTS) is 1. The van der Waals surface area contributed by atoms with Crippen LogP contribution < -0.4 is 5.32 Å². The van der Waals surface area contributed by atoms with Crippen molar-refractivity contribution in [1.82, 2.24) is 15.1 Å². The zero-order valence-corrected chi connectivity index (χ0v) is 10.8. The van der Waals surface area contributed by atoms with Gasteiger partial charge in [0.15, 0.2) is 0 Å². The first-order chi connectivity index (χ1) is 9.16. The first kappa shape index (κ1) is 13.6. The lowest BCUT2D eigenvalue weighted by atomic mass is 9.95. The Bertz CT molecular complexity index is 430. The van der Waals surface area contributed by atoms with Crippen LogP contribution in [0.1, 0.15) is 32.1 Å². The molecule has 2 N–H and O–H groups in total. The van der Waals surface area contributed by atoms with E-state index in [1.165, 1.54) is 4.68 Å². The van der Waals surface area contributed by atoms with Crippen LogP contribution in [-0.2, 0) is 16.1 Å². The van der Waals surface area contributed by atoms with Gasteiger partial charge in [-0.05, 0) is 18.9 Å². The van der Waals surface area contributed by atoms with E-state index in [0.717, 1.165) is 25.7 Å². The summed E-state index contributed by atoms with van der Waals surface area (Å²) in [5.74, 6) is -1.46. The summed E-state index contributed by atoms with van der Waals surface area (Å²) in [5, 5.41) is 16.0. The van der Waals surface area contributed by atoms with E-state index in [-0.39, 0.29) is 18.5 Å². The van der Waals surface area contributed by atoms with Crippen molar-refractivity contribution in [2.24, 2.45) is 5.92 Å². The molecule has 1 saturated carbocycles. The van der Waals surface area contributed by atoms with Gasteiger partial charge in [-0.2, -0.15) is 5.10 Å². The van der Waals surface area contributed by atoms with Crippen molar-refractivity contribution < 1.29 is 14.7 Å². The van der Waals surface area contributed by atoms with Gasteiger partial charge in [0.05, 0.1) is 5.92 Å². The molecule has 1 amide bonds. The number of amides is 1. The molecule has 1 aromatic heterocycles. The Morgan fingerprint density at radius 1 is 1.32 bits per heavy atom. The number of hydrogen-bond donors (Lipinski definition) is 2. The van der Waals surface area contributed by atoms with Crippen molar-refractivity contribution in [3.63, 3.8) is 0 Å². The van der Waals surface area contributed by atoms with Crippen molar-refractivity contribution in [2.45, 2.75) is 44.7 Å². The fraction of sp³-hybridized carbons (Fsp3) is 0.615. The minimum Gasteiger partial charge on any atom is -0.481 e. The molecule has 0 radical (unpaired) electrons. The molecule has 0 aromatic carbocycles.